The molecule has 1 atom stereocenters. The molecule has 76 valence electrons. The zero-order chi connectivity index (χ0) is 11.0. The molecule has 0 aromatic heterocycles. The largest absolute Gasteiger partial charge is 0.325 e. The topological polar surface area (TPSA) is 52.9 Å². The Labute approximate surface area is 88.7 Å². The van der Waals surface area contributed by atoms with Crippen molar-refractivity contribution in [3.8, 4) is 6.07 Å². The third-order valence-electron chi connectivity index (χ3n) is 2.72. The molecule has 0 radical (unpaired) electrons. The Kier molecular flexibility index (Phi) is 2.20. The lowest BCUT2D eigenvalue weighted by Crippen LogP contribution is -2.16. The maximum Gasteiger partial charge on any atom is 0.232 e. The van der Waals surface area contributed by atoms with Gasteiger partial charge in [-0.1, -0.05) is 19.9 Å². The van der Waals surface area contributed by atoms with Crippen LogP contribution in [0.3, 0.4) is 0 Å². The molecule has 1 aromatic carbocycles. The molecule has 1 aliphatic rings. The SMILES string of the molecule is CC(C)C1C(=O)Nc2cc(C#N)ccc21. The summed E-state index contributed by atoms with van der Waals surface area (Å²) in [5, 5.41) is 11.6. The minimum absolute atomic E-state index is 0.0371. The van der Waals surface area contributed by atoms with Gasteiger partial charge >= 0.3 is 0 Å². The molecule has 1 amide bonds. The molecule has 3 heteroatoms. The highest BCUT2D eigenvalue weighted by Crippen LogP contribution is 2.37. The van der Waals surface area contributed by atoms with E-state index in [0.717, 1.165) is 11.3 Å². The molecule has 0 spiro atoms. The number of carbonyl (C=O) groups is 1. The van der Waals surface area contributed by atoms with E-state index in [1.807, 2.05) is 19.9 Å². The predicted octanol–water partition coefficient (Wildman–Crippen LogP) is 2.25. The second kappa shape index (κ2) is 3.39. The maximum atomic E-state index is 11.7. The van der Waals surface area contributed by atoms with Crippen molar-refractivity contribution < 1.29 is 4.79 Å². The van der Waals surface area contributed by atoms with E-state index in [9.17, 15) is 4.79 Å². The number of nitrogens with one attached hydrogen (secondary N) is 1. The van der Waals surface area contributed by atoms with Crippen LogP contribution in [0, 0.1) is 17.2 Å². The summed E-state index contributed by atoms with van der Waals surface area (Å²) >= 11 is 0. The van der Waals surface area contributed by atoms with Crippen molar-refractivity contribution in [3.05, 3.63) is 29.3 Å². The van der Waals surface area contributed by atoms with Crippen LogP contribution in [0.4, 0.5) is 5.69 Å². The van der Waals surface area contributed by atoms with E-state index >= 15 is 0 Å². The zero-order valence-electron chi connectivity index (χ0n) is 8.74. The van der Waals surface area contributed by atoms with Crippen molar-refractivity contribution in [2.75, 3.05) is 5.32 Å². The fourth-order valence-corrected chi connectivity index (χ4v) is 2.02. The Hall–Kier alpha value is -1.82. The normalized spacial score (nSPS) is 18.5. The van der Waals surface area contributed by atoms with E-state index in [1.54, 1.807) is 12.1 Å². The summed E-state index contributed by atoms with van der Waals surface area (Å²) in [7, 11) is 0. The van der Waals surface area contributed by atoms with E-state index in [-0.39, 0.29) is 17.7 Å². The van der Waals surface area contributed by atoms with Crippen LogP contribution in [0.5, 0.6) is 0 Å². The van der Waals surface area contributed by atoms with Gasteiger partial charge in [0.15, 0.2) is 0 Å². The number of nitriles is 1. The molecular weight excluding hydrogens is 188 g/mol. The molecular formula is C12H12N2O. The van der Waals surface area contributed by atoms with Crippen molar-refractivity contribution in [3.63, 3.8) is 0 Å². The first-order valence-corrected chi connectivity index (χ1v) is 4.98. The summed E-state index contributed by atoms with van der Waals surface area (Å²) in [4.78, 5) is 11.7. The quantitative estimate of drug-likeness (QED) is 0.755. The summed E-state index contributed by atoms with van der Waals surface area (Å²) in [6.45, 7) is 4.05. The monoisotopic (exact) mass is 200 g/mol. The third-order valence-corrected chi connectivity index (χ3v) is 2.72. The lowest BCUT2D eigenvalue weighted by Gasteiger charge is -2.12. The molecule has 2 rings (SSSR count). The van der Waals surface area contributed by atoms with Crippen LogP contribution in [-0.2, 0) is 4.79 Å². The Balaban J connectivity index is 2.48. The molecule has 0 saturated carbocycles. The first-order valence-electron chi connectivity index (χ1n) is 4.98. The van der Waals surface area contributed by atoms with E-state index in [2.05, 4.69) is 11.4 Å². The number of carbonyl (C=O) groups excluding carboxylic acids is 1. The lowest BCUT2D eigenvalue weighted by molar-refractivity contribution is -0.117. The second-order valence-corrected chi connectivity index (χ2v) is 4.12. The molecule has 1 heterocycles. The van der Waals surface area contributed by atoms with Crippen molar-refractivity contribution in [2.45, 2.75) is 19.8 Å². The highest BCUT2D eigenvalue weighted by atomic mass is 16.2. The standard InChI is InChI=1S/C12H12N2O/c1-7(2)11-9-4-3-8(6-13)5-10(9)14-12(11)15/h3-5,7,11H,1-2H3,(H,14,15). The van der Waals surface area contributed by atoms with Gasteiger partial charge in [-0.05, 0) is 23.6 Å². The summed E-state index contributed by atoms with van der Waals surface area (Å²) in [5.74, 6) is 0.238. The van der Waals surface area contributed by atoms with Crippen LogP contribution in [0.25, 0.3) is 0 Å². The van der Waals surface area contributed by atoms with Crippen LogP contribution in [0.15, 0.2) is 18.2 Å². The fourth-order valence-electron chi connectivity index (χ4n) is 2.02. The van der Waals surface area contributed by atoms with Crippen molar-refractivity contribution in [2.24, 2.45) is 5.92 Å². The third kappa shape index (κ3) is 1.48. The van der Waals surface area contributed by atoms with Gasteiger partial charge in [0.1, 0.15) is 0 Å². The highest BCUT2D eigenvalue weighted by molar-refractivity contribution is 6.03. The van der Waals surface area contributed by atoms with E-state index in [1.165, 1.54) is 0 Å². The Morgan fingerprint density at radius 2 is 2.20 bits per heavy atom. The van der Waals surface area contributed by atoms with Crippen LogP contribution in [-0.4, -0.2) is 5.91 Å². The van der Waals surface area contributed by atoms with Crippen molar-refractivity contribution in [1.29, 1.82) is 5.26 Å². The number of anilines is 1. The Morgan fingerprint density at radius 3 is 2.80 bits per heavy atom. The summed E-state index contributed by atoms with van der Waals surface area (Å²) in [6.07, 6.45) is 0. The van der Waals surface area contributed by atoms with Gasteiger partial charge in [0.25, 0.3) is 0 Å². The van der Waals surface area contributed by atoms with Gasteiger partial charge in [-0.15, -0.1) is 0 Å². The minimum atomic E-state index is -0.0762. The number of amides is 1. The first-order chi connectivity index (χ1) is 7.13. The van der Waals surface area contributed by atoms with Crippen LogP contribution < -0.4 is 5.32 Å². The number of hydrogen-bond donors (Lipinski definition) is 1. The second-order valence-electron chi connectivity index (χ2n) is 4.12. The smallest absolute Gasteiger partial charge is 0.232 e. The molecule has 1 aromatic rings. The average molecular weight is 200 g/mol. The van der Waals surface area contributed by atoms with E-state index in [0.29, 0.717) is 5.56 Å². The van der Waals surface area contributed by atoms with Gasteiger partial charge in [-0.2, -0.15) is 5.26 Å². The van der Waals surface area contributed by atoms with E-state index < -0.39 is 0 Å². The molecule has 15 heavy (non-hydrogen) atoms. The highest BCUT2D eigenvalue weighted by Gasteiger charge is 2.32. The van der Waals surface area contributed by atoms with Gasteiger partial charge in [-0.3, -0.25) is 4.79 Å². The van der Waals surface area contributed by atoms with Crippen LogP contribution in [0.2, 0.25) is 0 Å². The molecule has 0 saturated heterocycles. The van der Waals surface area contributed by atoms with Crippen LogP contribution in [0.1, 0.15) is 30.9 Å². The first kappa shape index (κ1) is 9.72. The summed E-state index contributed by atoms with van der Waals surface area (Å²) < 4.78 is 0. The van der Waals surface area contributed by atoms with Crippen molar-refractivity contribution in [1.82, 2.24) is 0 Å². The Morgan fingerprint density at radius 1 is 1.47 bits per heavy atom. The number of rotatable bonds is 1. The van der Waals surface area contributed by atoms with Crippen LogP contribution >= 0.6 is 0 Å². The van der Waals surface area contributed by atoms with Gasteiger partial charge in [0, 0.05) is 5.69 Å². The number of nitrogens with zero attached hydrogens (tertiary/aromatic N) is 1. The van der Waals surface area contributed by atoms with Gasteiger partial charge in [-0.25, -0.2) is 0 Å². The predicted molar refractivity (Wildman–Crippen MR) is 57.4 cm³/mol. The molecule has 0 fully saturated rings. The minimum Gasteiger partial charge on any atom is -0.325 e. The van der Waals surface area contributed by atoms with Crippen molar-refractivity contribution >= 4 is 11.6 Å². The Bertz CT molecular complexity index is 457. The van der Waals surface area contributed by atoms with E-state index in [4.69, 9.17) is 5.26 Å². The fraction of sp³-hybridized carbons (Fsp3) is 0.333. The lowest BCUT2D eigenvalue weighted by atomic mass is 9.89. The molecule has 0 bridgehead atoms. The van der Waals surface area contributed by atoms with Gasteiger partial charge < -0.3 is 5.32 Å². The van der Waals surface area contributed by atoms with Gasteiger partial charge in [0.2, 0.25) is 5.91 Å². The molecule has 1 aliphatic heterocycles. The number of benzene rings is 1. The summed E-state index contributed by atoms with van der Waals surface area (Å²) in [5.41, 5.74) is 2.38. The maximum absolute atomic E-state index is 11.7. The average Bonchev–Trinajstić information content (AvgIpc) is 2.52. The zero-order valence-corrected chi connectivity index (χ0v) is 8.74. The molecule has 3 nitrogen and oxygen atoms in total. The summed E-state index contributed by atoms with van der Waals surface area (Å²) in [6, 6.07) is 7.43. The molecule has 1 unspecified atom stereocenters. The van der Waals surface area contributed by atoms with Gasteiger partial charge in [0.05, 0.1) is 17.6 Å². The molecule has 0 aliphatic carbocycles. The molecule has 1 N–H and O–H groups in total. The number of fused-ring (bicyclic) bond motifs is 1. The number of hydrogen-bond acceptors (Lipinski definition) is 2.